The lowest BCUT2D eigenvalue weighted by molar-refractivity contribution is -0.125. The third kappa shape index (κ3) is 3.26. The number of rotatable bonds is 6. The van der Waals surface area contributed by atoms with Crippen molar-refractivity contribution < 1.29 is 9.59 Å². The molecule has 4 rings (SSSR count). The van der Waals surface area contributed by atoms with E-state index in [4.69, 9.17) is 0 Å². The number of urea groups is 1. The molecule has 1 aromatic heterocycles. The van der Waals surface area contributed by atoms with Crippen LogP contribution >= 0.6 is 11.3 Å². The van der Waals surface area contributed by atoms with E-state index in [-0.39, 0.29) is 18.5 Å². The molecule has 2 aliphatic rings. The topological polar surface area (TPSA) is 74.3 Å². The summed E-state index contributed by atoms with van der Waals surface area (Å²) in [6, 6.07) is 7.45. The first-order chi connectivity index (χ1) is 11.7. The summed E-state index contributed by atoms with van der Waals surface area (Å²) < 4.78 is 0. The average molecular weight is 342 g/mol. The Morgan fingerprint density at radius 2 is 2.21 bits per heavy atom. The van der Waals surface area contributed by atoms with Crippen molar-refractivity contribution in [3.63, 3.8) is 0 Å². The summed E-state index contributed by atoms with van der Waals surface area (Å²) in [7, 11) is 0. The molecule has 6 nitrogen and oxygen atoms in total. The SMILES string of the molecule is O=C1CNC(=O)N1Cc1cccc(NCc2csc(C3CC3)n2)c1. The standard InChI is InChI=1S/C17H18N4O2S/c22-15-8-19-17(23)21(15)9-11-2-1-3-13(6-11)18-7-14-10-24-16(20-14)12-4-5-12/h1-3,6,10,12,18H,4-5,7-9H2,(H,19,23). The van der Waals surface area contributed by atoms with E-state index in [0.29, 0.717) is 19.0 Å². The largest absolute Gasteiger partial charge is 0.379 e. The van der Waals surface area contributed by atoms with Crippen LogP contribution in [0.2, 0.25) is 0 Å². The van der Waals surface area contributed by atoms with Gasteiger partial charge < -0.3 is 10.6 Å². The molecule has 124 valence electrons. The maximum absolute atomic E-state index is 11.7. The number of nitrogens with zero attached hydrogens (tertiary/aromatic N) is 2. The molecule has 1 saturated carbocycles. The van der Waals surface area contributed by atoms with Crippen LogP contribution in [-0.2, 0) is 17.9 Å². The van der Waals surface area contributed by atoms with Gasteiger partial charge in [0.05, 0.1) is 30.3 Å². The third-order valence-electron chi connectivity index (χ3n) is 4.17. The number of benzene rings is 1. The summed E-state index contributed by atoms with van der Waals surface area (Å²) in [5.41, 5.74) is 2.93. The van der Waals surface area contributed by atoms with E-state index < -0.39 is 0 Å². The van der Waals surface area contributed by atoms with Crippen molar-refractivity contribution >= 4 is 29.0 Å². The minimum absolute atomic E-state index is 0.0872. The predicted octanol–water partition coefficient (Wildman–Crippen LogP) is 2.68. The lowest BCUT2D eigenvalue weighted by atomic mass is 10.2. The van der Waals surface area contributed by atoms with Gasteiger partial charge in [-0.1, -0.05) is 12.1 Å². The number of carbonyl (C=O) groups excluding carboxylic acids is 2. The van der Waals surface area contributed by atoms with E-state index in [1.807, 2.05) is 24.3 Å². The van der Waals surface area contributed by atoms with Crippen molar-refractivity contribution in [2.75, 3.05) is 11.9 Å². The molecule has 2 heterocycles. The minimum Gasteiger partial charge on any atom is -0.379 e. The van der Waals surface area contributed by atoms with E-state index in [0.717, 1.165) is 16.9 Å². The number of imide groups is 1. The number of thiazole rings is 1. The van der Waals surface area contributed by atoms with Gasteiger partial charge in [-0.3, -0.25) is 9.69 Å². The first-order valence-corrected chi connectivity index (χ1v) is 8.92. The van der Waals surface area contributed by atoms with Crippen LogP contribution in [-0.4, -0.2) is 28.4 Å². The Hall–Kier alpha value is -2.41. The first kappa shape index (κ1) is 15.1. The second kappa shape index (κ2) is 6.24. The van der Waals surface area contributed by atoms with Crippen LogP contribution in [0.5, 0.6) is 0 Å². The van der Waals surface area contributed by atoms with Crippen LogP contribution in [0.4, 0.5) is 10.5 Å². The number of nitrogens with one attached hydrogen (secondary N) is 2. The molecule has 0 radical (unpaired) electrons. The van der Waals surface area contributed by atoms with Crippen LogP contribution < -0.4 is 10.6 Å². The molecule has 1 aromatic carbocycles. The van der Waals surface area contributed by atoms with Crippen molar-refractivity contribution in [2.24, 2.45) is 0 Å². The van der Waals surface area contributed by atoms with Gasteiger partial charge in [-0.15, -0.1) is 11.3 Å². The Kier molecular flexibility index (Phi) is 3.93. The average Bonchev–Trinajstić information content (AvgIpc) is 3.26. The zero-order valence-corrected chi connectivity index (χ0v) is 13.9. The molecule has 1 aliphatic carbocycles. The maximum Gasteiger partial charge on any atom is 0.324 e. The van der Waals surface area contributed by atoms with Gasteiger partial charge in [-0.05, 0) is 30.5 Å². The van der Waals surface area contributed by atoms with Gasteiger partial charge >= 0.3 is 6.03 Å². The normalized spacial score (nSPS) is 17.2. The molecule has 2 fully saturated rings. The number of amides is 3. The minimum atomic E-state index is -0.326. The van der Waals surface area contributed by atoms with Gasteiger partial charge in [0.2, 0.25) is 5.91 Å². The van der Waals surface area contributed by atoms with E-state index >= 15 is 0 Å². The van der Waals surface area contributed by atoms with Crippen LogP contribution in [0.1, 0.15) is 35.0 Å². The molecular formula is C17H18N4O2S. The lowest BCUT2D eigenvalue weighted by Gasteiger charge is -2.13. The number of anilines is 1. The summed E-state index contributed by atoms with van der Waals surface area (Å²) >= 11 is 1.74. The van der Waals surface area contributed by atoms with E-state index in [1.54, 1.807) is 11.3 Å². The highest BCUT2D eigenvalue weighted by Gasteiger charge is 2.28. The summed E-state index contributed by atoms with van der Waals surface area (Å²) in [4.78, 5) is 29.2. The molecule has 7 heteroatoms. The number of hydrogen-bond acceptors (Lipinski definition) is 5. The molecule has 0 unspecified atom stereocenters. The molecule has 1 aliphatic heterocycles. The van der Waals surface area contributed by atoms with Gasteiger partial charge in [0.25, 0.3) is 0 Å². The Balaban J connectivity index is 1.38. The fourth-order valence-corrected chi connectivity index (χ4v) is 3.68. The van der Waals surface area contributed by atoms with E-state index in [9.17, 15) is 9.59 Å². The highest BCUT2D eigenvalue weighted by molar-refractivity contribution is 7.09. The van der Waals surface area contributed by atoms with Crippen molar-refractivity contribution in [3.05, 3.63) is 45.9 Å². The van der Waals surface area contributed by atoms with Crippen molar-refractivity contribution in [3.8, 4) is 0 Å². The summed E-state index contributed by atoms with van der Waals surface area (Å²) in [5.74, 6) is 0.504. The number of carbonyl (C=O) groups is 2. The van der Waals surface area contributed by atoms with Crippen LogP contribution in [0.25, 0.3) is 0 Å². The number of hydrogen-bond donors (Lipinski definition) is 2. The zero-order valence-electron chi connectivity index (χ0n) is 13.1. The highest BCUT2D eigenvalue weighted by Crippen LogP contribution is 2.41. The fraction of sp³-hybridized carbons (Fsp3) is 0.353. The van der Waals surface area contributed by atoms with Crippen molar-refractivity contribution in [2.45, 2.75) is 31.8 Å². The first-order valence-electron chi connectivity index (χ1n) is 8.04. The van der Waals surface area contributed by atoms with E-state index in [1.165, 1.54) is 22.7 Å². The smallest absolute Gasteiger partial charge is 0.324 e. The molecule has 0 atom stereocenters. The summed E-state index contributed by atoms with van der Waals surface area (Å²) in [6.07, 6.45) is 2.54. The molecule has 0 spiro atoms. The van der Waals surface area contributed by atoms with Crippen molar-refractivity contribution in [1.82, 2.24) is 15.2 Å². The van der Waals surface area contributed by atoms with Crippen LogP contribution in [0.3, 0.4) is 0 Å². The van der Waals surface area contributed by atoms with Crippen LogP contribution in [0.15, 0.2) is 29.6 Å². The zero-order chi connectivity index (χ0) is 16.5. The van der Waals surface area contributed by atoms with Crippen molar-refractivity contribution in [1.29, 1.82) is 0 Å². The van der Waals surface area contributed by atoms with Gasteiger partial charge in [0.15, 0.2) is 0 Å². The van der Waals surface area contributed by atoms with Gasteiger partial charge in [0.1, 0.15) is 0 Å². The summed E-state index contributed by atoms with van der Waals surface area (Å²) in [5, 5.41) is 9.25. The summed E-state index contributed by atoms with van der Waals surface area (Å²) in [6.45, 7) is 1.06. The third-order valence-corrected chi connectivity index (χ3v) is 5.23. The van der Waals surface area contributed by atoms with Crippen LogP contribution in [0, 0.1) is 0 Å². The maximum atomic E-state index is 11.7. The molecule has 1 saturated heterocycles. The Labute approximate surface area is 143 Å². The van der Waals surface area contributed by atoms with Gasteiger partial charge in [-0.25, -0.2) is 9.78 Å². The molecule has 24 heavy (non-hydrogen) atoms. The highest BCUT2D eigenvalue weighted by atomic mass is 32.1. The second-order valence-corrected chi connectivity index (χ2v) is 7.03. The quantitative estimate of drug-likeness (QED) is 0.792. The fourth-order valence-electron chi connectivity index (χ4n) is 2.69. The lowest BCUT2D eigenvalue weighted by Crippen LogP contribution is -2.30. The molecule has 2 aromatic rings. The molecule has 3 amide bonds. The Morgan fingerprint density at radius 3 is 2.96 bits per heavy atom. The molecule has 0 bridgehead atoms. The molecular weight excluding hydrogens is 324 g/mol. The second-order valence-electron chi connectivity index (χ2n) is 6.14. The molecule has 2 N–H and O–H groups in total. The van der Waals surface area contributed by atoms with Gasteiger partial charge in [-0.2, -0.15) is 0 Å². The van der Waals surface area contributed by atoms with Gasteiger partial charge in [0, 0.05) is 17.0 Å². The Morgan fingerprint density at radius 1 is 1.33 bits per heavy atom. The Bertz CT molecular complexity index is 768. The van der Waals surface area contributed by atoms with E-state index in [2.05, 4.69) is 21.0 Å². The predicted molar refractivity (Wildman–Crippen MR) is 91.8 cm³/mol. The number of aromatic nitrogens is 1. The monoisotopic (exact) mass is 342 g/mol.